The summed E-state index contributed by atoms with van der Waals surface area (Å²) in [6.45, 7) is 2.68. The highest BCUT2D eigenvalue weighted by molar-refractivity contribution is 5.92. The van der Waals surface area contributed by atoms with Crippen molar-refractivity contribution < 1.29 is 14.5 Å². The van der Waals surface area contributed by atoms with E-state index in [-0.39, 0.29) is 17.8 Å². The molecule has 1 N–H and O–H groups in total. The number of carbonyl (C=O) groups excluding carboxylic acids is 1. The van der Waals surface area contributed by atoms with E-state index in [0.29, 0.717) is 18.0 Å². The molecule has 1 fully saturated rings. The van der Waals surface area contributed by atoms with Gasteiger partial charge < -0.3 is 15.0 Å². The fraction of sp³-hybridized carbons (Fsp3) is 0.316. The van der Waals surface area contributed by atoms with Crippen LogP contribution < -0.4 is 10.1 Å². The van der Waals surface area contributed by atoms with Crippen LogP contribution >= 0.6 is 0 Å². The molecular formula is C19H21N3O4. The van der Waals surface area contributed by atoms with Gasteiger partial charge in [-0.15, -0.1) is 0 Å². The number of hydrogen-bond donors (Lipinski definition) is 1. The van der Waals surface area contributed by atoms with E-state index in [9.17, 15) is 14.9 Å². The minimum atomic E-state index is -0.499. The molecule has 26 heavy (non-hydrogen) atoms. The van der Waals surface area contributed by atoms with Crippen molar-refractivity contribution in [3.8, 4) is 5.75 Å². The summed E-state index contributed by atoms with van der Waals surface area (Å²) in [6, 6.07) is 11.9. The Morgan fingerprint density at radius 1 is 1.31 bits per heavy atom. The van der Waals surface area contributed by atoms with Gasteiger partial charge in [-0.1, -0.05) is 24.3 Å². The van der Waals surface area contributed by atoms with Gasteiger partial charge in [-0.05, 0) is 37.0 Å². The summed E-state index contributed by atoms with van der Waals surface area (Å²) < 4.78 is 5.22. The predicted molar refractivity (Wildman–Crippen MR) is 98.5 cm³/mol. The first kappa shape index (κ1) is 17.7. The van der Waals surface area contributed by atoms with Crippen LogP contribution in [0, 0.1) is 17.0 Å². The van der Waals surface area contributed by atoms with E-state index >= 15 is 0 Å². The van der Waals surface area contributed by atoms with Gasteiger partial charge in [0.25, 0.3) is 5.69 Å². The average molecular weight is 355 g/mol. The third kappa shape index (κ3) is 3.46. The molecule has 1 aliphatic heterocycles. The molecule has 2 aromatic carbocycles. The van der Waals surface area contributed by atoms with E-state index in [4.69, 9.17) is 4.74 Å². The van der Waals surface area contributed by atoms with Gasteiger partial charge in [0.15, 0.2) is 0 Å². The topological polar surface area (TPSA) is 84.7 Å². The number of amides is 2. The van der Waals surface area contributed by atoms with Gasteiger partial charge in [-0.3, -0.25) is 10.1 Å². The number of non-ortho nitro benzene ring substituents is 1. The van der Waals surface area contributed by atoms with Gasteiger partial charge in [0.2, 0.25) is 0 Å². The SMILES string of the molecule is COc1ccc([N+](=O)[O-])cc1NC(=O)N1CCCC1c1ccccc1C. The fourth-order valence-corrected chi connectivity index (χ4v) is 3.39. The zero-order valence-corrected chi connectivity index (χ0v) is 14.8. The number of urea groups is 1. The highest BCUT2D eigenvalue weighted by Gasteiger charge is 2.31. The van der Waals surface area contributed by atoms with Crippen molar-refractivity contribution in [3.05, 3.63) is 63.7 Å². The molecule has 1 aliphatic rings. The van der Waals surface area contributed by atoms with Crippen molar-refractivity contribution in [1.29, 1.82) is 0 Å². The number of hydrogen-bond acceptors (Lipinski definition) is 4. The average Bonchev–Trinajstić information content (AvgIpc) is 3.11. The van der Waals surface area contributed by atoms with Gasteiger partial charge in [0.05, 0.1) is 23.8 Å². The number of ether oxygens (including phenoxy) is 1. The summed E-state index contributed by atoms with van der Waals surface area (Å²) in [5.74, 6) is 0.385. The van der Waals surface area contributed by atoms with Crippen LogP contribution in [0.5, 0.6) is 5.75 Å². The Labute approximate surface area is 151 Å². The van der Waals surface area contributed by atoms with Crippen LogP contribution in [0.4, 0.5) is 16.2 Å². The molecule has 1 saturated heterocycles. The summed E-state index contributed by atoms with van der Waals surface area (Å²) in [6.07, 6.45) is 1.81. The second-order valence-corrected chi connectivity index (χ2v) is 6.28. The van der Waals surface area contributed by atoms with Crippen molar-refractivity contribution >= 4 is 17.4 Å². The molecule has 1 heterocycles. The molecule has 0 spiro atoms. The molecule has 2 amide bonds. The van der Waals surface area contributed by atoms with Gasteiger partial charge in [-0.25, -0.2) is 4.79 Å². The molecule has 0 aromatic heterocycles. The van der Waals surface area contributed by atoms with Crippen LogP contribution in [-0.4, -0.2) is 29.5 Å². The van der Waals surface area contributed by atoms with Gasteiger partial charge in [0, 0.05) is 18.7 Å². The monoisotopic (exact) mass is 355 g/mol. The van der Waals surface area contributed by atoms with Crippen LogP contribution in [0.1, 0.15) is 30.0 Å². The van der Waals surface area contributed by atoms with Gasteiger partial charge in [-0.2, -0.15) is 0 Å². The van der Waals surface area contributed by atoms with E-state index in [1.807, 2.05) is 31.2 Å². The van der Waals surface area contributed by atoms with Crippen LogP contribution in [0.3, 0.4) is 0 Å². The normalized spacial score (nSPS) is 16.4. The number of nitrogens with one attached hydrogen (secondary N) is 1. The zero-order valence-electron chi connectivity index (χ0n) is 14.8. The lowest BCUT2D eigenvalue weighted by atomic mass is 9.99. The minimum absolute atomic E-state index is 0.000827. The van der Waals surface area contributed by atoms with Crippen LogP contribution in [0.25, 0.3) is 0 Å². The number of nitro benzene ring substituents is 1. The summed E-state index contributed by atoms with van der Waals surface area (Å²) in [5.41, 5.74) is 2.47. The third-order valence-electron chi connectivity index (χ3n) is 4.70. The number of nitro groups is 1. The second kappa shape index (κ2) is 7.43. The van der Waals surface area contributed by atoms with Crippen LogP contribution in [-0.2, 0) is 0 Å². The smallest absolute Gasteiger partial charge is 0.322 e. The fourth-order valence-electron chi connectivity index (χ4n) is 3.39. The van der Waals surface area contributed by atoms with Gasteiger partial charge in [0.1, 0.15) is 5.75 Å². The number of carbonyl (C=O) groups is 1. The van der Waals surface area contributed by atoms with E-state index in [1.54, 1.807) is 4.90 Å². The molecule has 7 heteroatoms. The van der Waals surface area contributed by atoms with E-state index in [0.717, 1.165) is 24.0 Å². The Kier molecular flexibility index (Phi) is 5.06. The minimum Gasteiger partial charge on any atom is -0.495 e. The molecule has 0 radical (unpaired) electrons. The molecule has 1 unspecified atom stereocenters. The number of anilines is 1. The Morgan fingerprint density at radius 3 is 2.77 bits per heavy atom. The van der Waals surface area contributed by atoms with Crippen LogP contribution in [0.15, 0.2) is 42.5 Å². The number of rotatable bonds is 4. The van der Waals surface area contributed by atoms with Crippen molar-refractivity contribution in [2.75, 3.05) is 19.0 Å². The molecule has 136 valence electrons. The number of likely N-dealkylation sites (tertiary alicyclic amines) is 1. The largest absolute Gasteiger partial charge is 0.495 e. The molecule has 7 nitrogen and oxygen atoms in total. The lowest BCUT2D eigenvalue weighted by Crippen LogP contribution is -2.34. The van der Waals surface area contributed by atoms with Crippen molar-refractivity contribution in [2.24, 2.45) is 0 Å². The maximum absolute atomic E-state index is 12.8. The Hall–Kier alpha value is -3.09. The van der Waals surface area contributed by atoms with E-state index in [2.05, 4.69) is 5.32 Å². The summed E-state index contributed by atoms with van der Waals surface area (Å²) in [7, 11) is 1.46. The molecule has 3 rings (SSSR count). The zero-order chi connectivity index (χ0) is 18.7. The quantitative estimate of drug-likeness (QED) is 0.655. The summed E-state index contributed by atoms with van der Waals surface area (Å²) >= 11 is 0. The first-order chi connectivity index (χ1) is 12.5. The Morgan fingerprint density at radius 2 is 2.08 bits per heavy atom. The van der Waals surface area contributed by atoms with Crippen molar-refractivity contribution in [1.82, 2.24) is 4.90 Å². The lowest BCUT2D eigenvalue weighted by molar-refractivity contribution is -0.384. The summed E-state index contributed by atoms with van der Waals surface area (Å²) in [4.78, 5) is 25.1. The van der Waals surface area contributed by atoms with Crippen LogP contribution in [0.2, 0.25) is 0 Å². The predicted octanol–water partition coefficient (Wildman–Crippen LogP) is 4.28. The van der Waals surface area contributed by atoms with E-state index in [1.165, 1.54) is 25.3 Å². The van der Waals surface area contributed by atoms with Gasteiger partial charge >= 0.3 is 6.03 Å². The number of benzene rings is 2. The standard InChI is InChI=1S/C19H21N3O4/c1-13-6-3-4-7-15(13)17-8-5-11-21(17)19(23)20-16-12-14(22(24)25)9-10-18(16)26-2/h3-4,6-7,9-10,12,17H,5,8,11H2,1-2H3,(H,20,23). The first-order valence-corrected chi connectivity index (χ1v) is 8.47. The summed E-state index contributed by atoms with van der Waals surface area (Å²) in [5, 5.41) is 13.8. The highest BCUT2D eigenvalue weighted by atomic mass is 16.6. The van der Waals surface area contributed by atoms with Crippen molar-refractivity contribution in [3.63, 3.8) is 0 Å². The van der Waals surface area contributed by atoms with Crippen molar-refractivity contribution in [2.45, 2.75) is 25.8 Å². The maximum atomic E-state index is 12.8. The number of methoxy groups -OCH3 is 1. The molecule has 0 saturated carbocycles. The molecule has 2 aromatic rings. The molecule has 0 aliphatic carbocycles. The Balaban J connectivity index is 1.84. The van der Waals surface area contributed by atoms with E-state index < -0.39 is 4.92 Å². The molecule has 0 bridgehead atoms. The Bertz CT molecular complexity index is 837. The third-order valence-corrected chi connectivity index (χ3v) is 4.70. The lowest BCUT2D eigenvalue weighted by Gasteiger charge is -2.26. The highest BCUT2D eigenvalue weighted by Crippen LogP contribution is 2.35. The molecular weight excluding hydrogens is 334 g/mol. The first-order valence-electron chi connectivity index (χ1n) is 8.47. The molecule has 1 atom stereocenters. The number of nitrogens with zero attached hydrogens (tertiary/aromatic N) is 2. The number of aryl methyl sites for hydroxylation is 1. The second-order valence-electron chi connectivity index (χ2n) is 6.28. The maximum Gasteiger partial charge on any atom is 0.322 e.